The fourth-order valence-electron chi connectivity index (χ4n) is 1.53. The lowest BCUT2D eigenvalue weighted by atomic mass is 10.2. The number of benzene rings is 1. The van der Waals surface area contributed by atoms with Crippen LogP contribution in [0.4, 0.5) is 16.3 Å². The van der Waals surface area contributed by atoms with E-state index in [1.54, 1.807) is 6.07 Å². The Hall–Kier alpha value is -2.24. The summed E-state index contributed by atoms with van der Waals surface area (Å²) in [6.07, 6.45) is -1.16. The average molecular weight is 221 g/mol. The SMILES string of the molecule is CN(C)c1cccc2onc(NC(=O)O)c12. The van der Waals surface area contributed by atoms with Crippen molar-refractivity contribution in [1.82, 2.24) is 5.16 Å². The highest BCUT2D eigenvalue weighted by atomic mass is 16.5. The molecule has 2 N–H and O–H groups in total. The van der Waals surface area contributed by atoms with Crippen LogP contribution in [0.2, 0.25) is 0 Å². The van der Waals surface area contributed by atoms with E-state index < -0.39 is 6.09 Å². The molecule has 2 aromatic rings. The van der Waals surface area contributed by atoms with Crippen molar-refractivity contribution in [1.29, 1.82) is 0 Å². The number of nitrogens with zero attached hydrogens (tertiary/aromatic N) is 2. The van der Waals surface area contributed by atoms with Crippen LogP contribution in [-0.4, -0.2) is 30.5 Å². The summed E-state index contributed by atoms with van der Waals surface area (Å²) in [5, 5.41) is 15.2. The Morgan fingerprint density at radius 1 is 1.50 bits per heavy atom. The Labute approximate surface area is 91.4 Å². The third-order valence-electron chi connectivity index (χ3n) is 2.18. The van der Waals surface area contributed by atoms with E-state index in [4.69, 9.17) is 9.63 Å². The van der Waals surface area contributed by atoms with Crippen molar-refractivity contribution >= 4 is 28.6 Å². The van der Waals surface area contributed by atoms with Crippen molar-refractivity contribution in [2.75, 3.05) is 24.3 Å². The minimum Gasteiger partial charge on any atom is -0.465 e. The van der Waals surface area contributed by atoms with Crippen LogP contribution in [0.1, 0.15) is 0 Å². The average Bonchev–Trinajstić information content (AvgIpc) is 2.60. The summed E-state index contributed by atoms with van der Waals surface area (Å²) < 4.78 is 5.04. The van der Waals surface area contributed by atoms with Crippen LogP contribution in [0.3, 0.4) is 0 Å². The highest BCUT2D eigenvalue weighted by molar-refractivity contribution is 6.03. The third kappa shape index (κ3) is 1.65. The van der Waals surface area contributed by atoms with E-state index in [9.17, 15) is 4.79 Å². The highest BCUT2D eigenvalue weighted by Crippen LogP contribution is 2.31. The fourth-order valence-corrected chi connectivity index (χ4v) is 1.53. The zero-order chi connectivity index (χ0) is 11.7. The molecule has 0 aliphatic rings. The van der Waals surface area contributed by atoms with Gasteiger partial charge in [0.05, 0.1) is 11.1 Å². The number of fused-ring (bicyclic) bond motifs is 1. The molecule has 0 fully saturated rings. The van der Waals surface area contributed by atoms with Crippen LogP contribution < -0.4 is 10.2 Å². The Bertz CT molecular complexity index is 533. The number of carboxylic acid groups (broad SMARTS) is 1. The molecule has 1 amide bonds. The molecular formula is C10H11N3O3. The molecule has 0 spiro atoms. The van der Waals surface area contributed by atoms with Gasteiger partial charge in [0.2, 0.25) is 0 Å². The van der Waals surface area contributed by atoms with Gasteiger partial charge < -0.3 is 14.5 Å². The van der Waals surface area contributed by atoms with Crippen LogP contribution in [0.5, 0.6) is 0 Å². The molecule has 0 radical (unpaired) electrons. The molecule has 0 atom stereocenters. The predicted molar refractivity (Wildman–Crippen MR) is 60.0 cm³/mol. The van der Waals surface area contributed by atoms with Crippen molar-refractivity contribution in [3.8, 4) is 0 Å². The molecule has 0 aliphatic carbocycles. The standard InChI is InChI=1S/C10H11N3O3/c1-13(2)6-4-3-5-7-8(6)9(12-16-7)11-10(14)15/h3-5H,1-2H3,(H,11,12)(H,14,15). The smallest absolute Gasteiger partial charge is 0.410 e. The summed E-state index contributed by atoms with van der Waals surface area (Å²) in [6.45, 7) is 0. The number of anilines is 2. The van der Waals surface area contributed by atoms with Crippen molar-refractivity contribution in [2.45, 2.75) is 0 Å². The number of rotatable bonds is 2. The predicted octanol–water partition coefficient (Wildman–Crippen LogP) is 1.98. The van der Waals surface area contributed by atoms with Gasteiger partial charge in [0, 0.05) is 14.1 Å². The summed E-state index contributed by atoms with van der Waals surface area (Å²) in [7, 11) is 3.73. The maximum atomic E-state index is 10.6. The van der Waals surface area contributed by atoms with E-state index in [1.807, 2.05) is 31.1 Å². The number of aromatic nitrogens is 1. The molecule has 0 saturated heterocycles. The number of nitrogens with one attached hydrogen (secondary N) is 1. The largest absolute Gasteiger partial charge is 0.465 e. The molecule has 2 rings (SSSR count). The van der Waals surface area contributed by atoms with Crippen LogP contribution >= 0.6 is 0 Å². The molecule has 0 saturated carbocycles. The molecule has 1 aromatic heterocycles. The van der Waals surface area contributed by atoms with Gasteiger partial charge in [-0.25, -0.2) is 4.79 Å². The van der Waals surface area contributed by atoms with Crippen LogP contribution in [-0.2, 0) is 0 Å². The maximum absolute atomic E-state index is 10.6. The molecule has 6 nitrogen and oxygen atoms in total. The van der Waals surface area contributed by atoms with Gasteiger partial charge in [0.25, 0.3) is 0 Å². The Kier molecular flexibility index (Phi) is 2.40. The molecule has 84 valence electrons. The first-order chi connectivity index (χ1) is 7.59. The highest BCUT2D eigenvalue weighted by Gasteiger charge is 2.15. The zero-order valence-corrected chi connectivity index (χ0v) is 8.89. The molecule has 1 heterocycles. The quantitative estimate of drug-likeness (QED) is 0.810. The van der Waals surface area contributed by atoms with Crippen molar-refractivity contribution in [2.24, 2.45) is 0 Å². The molecule has 0 aliphatic heterocycles. The minimum atomic E-state index is -1.16. The molecule has 1 aromatic carbocycles. The van der Waals surface area contributed by atoms with E-state index in [0.29, 0.717) is 11.0 Å². The topological polar surface area (TPSA) is 78.6 Å². The summed E-state index contributed by atoms with van der Waals surface area (Å²) in [6, 6.07) is 5.43. The van der Waals surface area contributed by atoms with Gasteiger partial charge >= 0.3 is 6.09 Å². The van der Waals surface area contributed by atoms with E-state index in [1.165, 1.54) is 0 Å². The lowest BCUT2D eigenvalue weighted by molar-refractivity contribution is 0.209. The van der Waals surface area contributed by atoms with Gasteiger partial charge in [0.1, 0.15) is 0 Å². The van der Waals surface area contributed by atoms with Gasteiger partial charge in [-0.15, -0.1) is 0 Å². The third-order valence-corrected chi connectivity index (χ3v) is 2.18. The van der Waals surface area contributed by atoms with E-state index in [0.717, 1.165) is 5.69 Å². The van der Waals surface area contributed by atoms with E-state index >= 15 is 0 Å². The molecule has 16 heavy (non-hydrogen) atoms. The van der Waals surface area contributed by atoms with E-state index in [-0.39, 0.29) is 5.82 Å². The van der Waals surface area contributed by atoms with Gasteiger partial charge in [-0.3, -0.25) is 5.32 Å². The summed E-state index contributed by atoms with van der Waals surface area (Å²) in [5.41, 5.74) is 1.40. The molecule has 0 unspecified atom stereocenters. The fraction of sp³-hybridized carbons (Fsp3) is 0.200. The molecule has 6 heteroatoms. The zero-order valence-electron chi connectivity index (χ0n) is 8.89. The van der Waals surface area contributed by atoms with Gasteiger partial charge in [0.15, 0.2) is 11.4 Å². The second-order valence-corrected chi connectivity index (χ2v) is 3.51. The summed E-state index contributed by atoms with van der Waals surface area (Å²) >= 11 is 0. The van der Waals surface area contributed by atoms with Crippen molar-refractivity contribution in [3.05, 3.63) is 18.2 Å². The van der Waals surface area contributed by atoms with Gasteiger partial charge in [-0.05, 0) is 12.1 Å². The van der Waals surface area contributed by atoms with Gasteiger partial charge in [-0.2, -0.15) is 0 Å². The summed E-state index contributed by atoms with van der Waals surface area (Å²) in [4.78, 5) is 12.5. The van der Waals surface area contributed by atoms with Crippen LogP contribution in [0.15, 0.2) is 22.7 Å². The Morgan fingerprint density at radius 2 is 2.25 bits per heavy atom. The van der Waals surface area contributed by atoms with Crippen LogP contribution in [0.25, 0.3) is 11.0 Å². The van der Waals surface area contributed by atoms with Crippen molar-refractivity contribution in [3.63, 3.8) is 0 Å². The first-order valence-electron chi connectivity index (χ1n) is 4.65. The second-order valence-electron chi connectivity index (χ2n) is 3.51. The maximum Gasteiger partial charge on any atom is 0.410 e. The normalized spacial score (nSPS) is 10.4. The minimum absolute atomic E-state index is 0.215. The lowest BCUT2D eigenvalue weighted by Crippen LogP contribution is -2.11. The Balaban J connectivity index is 2.63. The summed E-state index contributed by atoms with van der Waals surface area (Å²) in [5.74, 6) is 0.215. The molecule has 0 bridgehead atoms. The number of hydrogen-bond donors (Lipinski definition) is 2. The number of carbonyl (C=O) groups is 1. The number of hydrogen-bond acceptors (Lipinski definition) is 4. The monoisotopic (exact) mass is 221 g/mol. The first kappa shape index (κ1) is 10.3. The first-order valence-corrected chi connectivity index (χ1v) is 4.65. The van der Waals surface area contributed by atoms with Crippen LogP contribution in [0, 0.1) is 0 Å². The van der Waals surface area contributed by atoms with Crippen molar-refractivity contribution < 1.29 is 14.4 Å². The molecular weight excluding hydrogens is 210 g/mol. The van der Waals surface area contributed by atoms with Gasteiger partial charge in [-0.1, -0.05) is 11.2 Å². The van der Waals surface area contributed by atoms with E-state index in [2.05, 4.69) is 10.5 Å². The second kappa shape index (κ2) is 3.73. The Morgan fingerprint density at radius 3 is 2.88 bits per heavy atom. The number of amides is 1. The lowest BCUT2D eigenvalue weighted by Gasteiger charge is -2.13.